The van der Waals surface area contributed by atoms with Gasteiger partial charge in [-0.3, -0.25) is 10.1 Å². The van der Waals surface area contributed by atoms with Crippen LogP contribution in [0.1, 0.15) is 24.2 Å². The van der Waals surface area contributed by atoms with Gasteiger partial charge in [0.1, 0.15) is 0 Å². The third-order valence-electron chi connectivity index (χ3n) is 3.19. The molecule has 1 aliphatic rings. The molecule has 0 bridgehead atoms. The zero-order valence-electron chi connectivity index (χ0n) is 11.3. The minimum Gasteiger partial charge on any atom is -0.478 e. The first-order chi connectivity index (χ1) is 9.30. The molecule has 0 spiro atoms. The maximum atomic E-state index is 11.3. The number of carboxylic acid groups (broad SMARTS) is 1. The monoisotopic (exact) mass is 280 g/mol. The second kappa shape index (κ2) is 5.09. The summed E-state index contributed by atoms with van der Waals surface area (Å²) in [5.41, 5.74) is -0.175. The number of nitrogens with zero attached hydrogens (tertiary/aromatic N) is 2. The number of nitro groups is 1. The molecule has 0 saturated carbocycles. The van der Waals surface area contributed by atoms with Gasteiger partial charge in [-0.25, -0.2) is 4.79 Å². The lowest BCUT2D eigenvalue weighted by atomic mass is 10.0. The smallest absolute Gasteiger partial charge is 0.338 e. The molecule has 1 saturated heterocycles. The fourth-order valence-electron chi connectivity index (χ4n) is 2.31. The van der Waals surface area contributed by atoms with E-state index < -0.39 is 10.9 Å². The molecule has 20 heavy (non-hydrogen) atoms. The van der Waals surface area contributed by atoms with Crippen molar-refractivity contribution in [3.63, 3.8) is 0 Å². The van der Waals surface area contributed by atoms with Crippen LogP contribution in [0.5, 0.6) is 0 Å². The van der Waals surface area contributed by atoms with Crippen LogP contribution in [-0.2, 0) is 4.74 Å². The third-order valence-corrected chi connectivity index (χ3v) is 3.19. The summed E-state index contributed by atoms with van der Waals surface area (Å²) in [5, 5.41) is 20.0. The average molecular weight is 280 g/mol. The highest BCUT2D eigenvalue weighted by atomic mass is 16.6. The topological polar surface area (TPSA) is 92.9 Å². The first-order valence-corrected chi connectivity index (χ1v) is 6.21. The van der Waals surface area contributed by atoms with Gasteiger partial charge in [0.2, 0.25) is 0 Å². The van der Waals surface area contributed by atoms with Crippen molar-refractivity contribution in [1.82, 2.24) is 0 Å². The lowest BCUT2D eigenvalue weighted by Crippen LogP contribution is -2.48. The van der Waals surface area contributed by atoms with Crippen LogP contribution in [0.4, 0.5) is 11.4 Å². The Morgan fingerprint density at radius 3 is 2.75 bits per heavy atom. The minimum atomic E-state index is -1.17. The predicted octanol–water partition coefficient (Wildman–Crippen LogP) is 1.91. The number of rotatable bonds is 3. The van der Waals surface area contributed by atoms with E-state index in [1.165, 1.54) is 12.1 Å². The number of ether oxygens (including phenoxy) is 1. The van der Waals surface area contributed by atoms with Crippen molar-refractivity contribution in [2.45, 2.75) is 19.4 Å². The number of hydrogen-bond acceptors (Lipinski definition) is 5. The van der Waals surface area contributed by atoms with Gasteiger partial charge in [0, 0.05) is 25.2 Å². The van der Waals surface area contributed by atoms with E-state index in [2.05, 4.69) is 0 Å². The van der Waals surface area contributed by atoms with Gasteiger partial charge in [0.15, 0.2) is 0 Å². The molecule has 0 unspecified atom stereocenters. The Morgan fingerprint density at radius 2 is 2.20 bits per heavy atom. The second-order valence-electron chi connectivity index (χ2n) is 5.29. The Morgan fingerprint density at radius 1 is 1.50 bits per heavy atom. The van der Waals surface area contributed by atoms with E-state index in [0.717, 1.165) is 6.07 Å². The van der Waals surface area contributed by atoms with Crippen LogP contribution in [0.15, 0.2) is 18.2 Å². The van der Waals surface area contributed by atoms with Gasteiger partial charge in [0.05, 0.1) is 28.4 Å². The number of benzene rings is 1. The first kappa shape index (κ1) is 14.3. The van der Waals surface area contributed by atoms with E-state index in [1.807, 2.05) is 18.7 Å². The molecule has 0 aromatic heterocycles. The van der Waals surface area contributed by atoms with Crippen LogP contribution >= 0.6 is 0 Å². The molecule has 108 valence electrons. The van der Waals surface area contributed by atoms with Crippen molar-refractivity contribution in [3.05, 3.63) is 33.9 Å². The molecule has 0 amide bonds. The van der Waals surface area contributed by atoms with Gasteiger partial charge in [0.25, 0.3) is 5.69 Å². The van der Waals surface area contributed by atoms with Crippen LogP contribution in [0.3, 0.4) is 0 Å². The highest BCUT2D eigenvalue weighted by Crippen LogP contribution is 2.29. The molecule has 1 fully saturated rings. The molecule has 1 heterocycles. The molecular weight excluding hydrogens is 264 g/mol. The van der Waals surface area contributed by atoms with Crippen molar-refractivity contribution in [1.29, 1.82) is 0 Å². The number of hydrogen-bond donors (Lipinski definition) is 1. The average Bonchev–Trinajstić information content (AvgIpc) is 2.36. The predicted molar refractivity (Wildman–Crippen MR) is 72.3 cm³/mol. The zero-order chi connectivity index (χ0) is 14.9. The van der Waals surface area contributed by atoms with E-state index in [4.69, 9.17) is 4.74 Å². The van der Waals surface area contributed by atoms with E-state index in [9.17, 15) is 20.0 Å². The number of nitro benzene ring substituents is 1. The van der Waals surface area contributed by atoms with Gasteiger partial charge in [-0.15, -0.1) is 0 Å². The van der Waals surface area contributed by atoms with E-state index in [1.54, 1.807) is 0 Å². The summed E-state index contributed by atoms with van der Waals surface area (Å²) in [6.45, 7) is 5.42. The molecule has 0 radical (unpaired) electrons. The van der Waals surface area contributed by atoms with Crippen LogP contribution < -0.4 is 4.90 Å². The fourth-order valence-corrected chi connectivity index (χ4v) is 2.31. The minimum absolute atomic E-state index is 0.0584. The summed E-state index contributed by atoms with van der Waals surface area (Å²) in [6, 6.07) is 3.91. The molecule has 2 rings (SSSR count). The van der Waals surface area contributed by atoms with Gasteiger partial charge >= 0.3 is 5.97 Å². The molecule has 1 aromatic rings. The summed E-state index contributed by atoms with van der Waals surface area (Å²) >= 11 is 0. The molecule has 1 N–H and O–H groups in total. The van der Waals surface area contributed by atoms with Crippen LogP contribution in [0.25, 0.3) is 0 Å². The third kappa shape index (κ3) is 2.88. The van der Waals surface area contributed by atoms with Crippen molar-refractivity contribution < 1.29 is 19.6 Å². The molecule has 1 aromatic carbocycles. The van der Waals surface area contributed by atoms with Crippen LogP contribution in [-0.4, -0.2) is 41.3 Å². The van der Waals surface area contributed by atoms with Crippen LogP contribution in [0.2, 0.25) is 0 Å². The second-order valence-corrected chi connectivity index (χ2v) is 5.29. The maximum Gasteiger partial charge on any atom is 0.338 e. The molecule has 7 nitrogen and oxygen atoms in total. The summed E-state index contributed by atoms with van der Waals surface area (Å²) in [4.78, 5) is 23.4. The van der Waals surface area contributed by atoms with E-state index in [-0.39, 0.29) is 16.9 Å². The quantitative estimate of drug-likeness (QED) is 0.671. The van der Waals surface area contributed by atoms with Gasteiger partial charge in [-0.2, -0.15) is 0 Å². The van der Waals surface area contributed by atoms with Gasteiger partial charge in [-0.05, 0) is 19.9 Å². The standard InChI is InChI=1S/C13H16N2O5/c1-13(2)8-14(5-6-20-13)11-4-3-9(15(18)19)7-10(11)12(16)17/h3-4,7H,5-6,8H2,1-2H3,(H,16,17). The number of carboxylic acids is 1. The number of morpholine rings is 1. The Hall–Kier alpha value is -2.15. The number of carbonyl (C=O) groups is 1. The number of non-ortho nitro benzene ring substituents is 1. The Kier molecular flexibility index (Phi) is 3.63. The fraction of sp³-hybridized carbons (Fsp3) is 0.462. The largest absolute Gasteiger partial charge is 0.478 e. The molecule has 0 atom stereocenters. The molecule has 7 heteroatoms. The summed E-state index contributed by atoms with van der Waals surface area (Å²) in [5.74, 6) is -1.17. The lowest BCUT2D eigenvalue weighted by molar-refractivity contribution is -0.384. The Labute approximate surface area is 115 Å². The van der Waals surface area contributed by atoms with Crippen molar-refractivity contribution in [3.8, 4) is 0 Å². The Balaban J connectivity index is 2.40. The van der Waals surface area contributed by atoms with Crippen molar-refractivity contribution in [2.75, 3.05) is 24.6 Å². The van der Waals surface area contributed by atoms with Gasteiger partial charge < -0.3 is 14.7 Å². The number of anilines is 1. The number of aromatic carboxylic acids is 1. The molecular formula is C13H16N2O5. The van der Waals surface area contributed by atoms with Crippen molar-refractivity contribution in [2.24, 2.45) is 0 Å². The highest BCUT2D eigenvalue weighted by molar-refractivity contribution is 5.95. The molecule has 0 aliphatic carbocycles. The SMILES string of the molecule is CC1(C)CN(c2ccc([N+](=O)[O-])cc2C(=O)O)CCO1. The molecule has 1 aliphatic heterocycles. The van der Waals surface area contributed by atoms with Crippen molar-refractivity contribution >= 4 is 17.3 Å². The maximum absolute atomic E-state index is 11.3. The van der Waals surface area contributed by atoms with Crippen LogP contribution in [0, 0.1) is 10.1 Å². The van der Waals surface area contributed by atoms with Gasteiger partial charge in [-0.1, -0.05) is 0 Å². The van der Waals surface area contributed by atoms with E-state index in [0.29, 0.717) is 25.4 Å². The zero-order valence-corrected chi connectivity index (χ0v) is 11.3. The summed E-state index contributed by atoms with van der Waals surface area (Å²) in [6.07, 6.45) is 0. The normalized spacial score (nSPS) is 17.8. The lowest BCUT2D eigenvalue weighted by Gasteiger charge is -2.39. The Bertz CT molecular complexity index is 556. The summed E-state index contributed by atoms with van der Waals surface area (Å²) < 4.78 is 5.58. The van der Waals surface area contributed by atoms with E-state index >= 15 is 0 Å². The first-order valence-electron chi connectivity index (χ1n) is 6.21. The highest BCUT2D eigenvalue weighted by Gasteiger charge is 2.30. The summed E-state index contributed by atoms with van der Waals surface area (Å²) in [7, 11) is 0.